The number of methoxy groups -OCH3 is 1. The normalized spacial score (nSPS) is 21.2. The van der Waals surface area contributed by atoms with E-state index in [1.807, 2.05) is 51.1 Å². The van der Waals surface area contributed by atoms with Crippen molar-refractivity contribution in [3.63, 3.8) is 0 Å². The largest absolute Gasteiger partial charge is 0.467 e. The van der Waals surface area contributed by atoms with E-state index < -0.39 is 17.7 Å². The Balaban J connectivity index is 2.20. The van der Waals surface area contributed by atoms with E-state index in [0.717, 1.165) is 24.8 Å². The minimum Gasteiger partial charge on any atom is -0.467 e. The van der Waals surface area contributed by atoms with Gasteiger partial charge in [-0.3, -0.25) is 4.90 Å². The minimum absolute atomic E-state index is 0.0288. The third-order valence-corrected chi connectivity index (χ3v) is 4.17. The van der Waals surface area contributed by atoms with Crippen LogP contribution in [0.1, 0.15) is 39.2 Å². The van der Waals surface area contributed by atoms with Crippen molar-refractivity contribution >= 4 is 12.1 Å². The molecule has 0 aliphatic carbocycles. The van der Waals surface area contributed by atoms with E-state index in [1.165, 1.54) is 12.0 Å². The highest BCUT2D eigenvalue weighted by atomic mass is 16.6. The molecular weight excluding hydrogens is 306 g/mol. The maximum Gasteiger partial charge on any atom is 0.411 e. The number of carbonyl (C=O) groups is 2. The summed E-state index contributed by atoms with van der Waals surface area (Å²) in [6.07, 6.45) is 2.02. The van der Waals surface area contributed by atoms with Crippen LogP contribution in [0, 0.1) is 5.92 Å². The summed E-state index contributed by atoms with van der Waals surface area (Å²) in [6, 6.07) is 9.42. The van der Waals surface area contributed by atoms with Gasteiger partial charge < -0.3 is 9.47 Å². The van der Waals surface area contributed by atoms with E-state index in [0.29, 0.717) is 6.54 Å². The molecule has 0 N–H and O–H groups in total. The third-order valence-electron chi connectivity index (χ3n) is 4.17. The number of hydrogen-bond acceptors (Lipinski definition) is 4. The number of likely N-dealkylation sites (tertiary alicyclic amines) is 1. The van der Waals surface area contributed by atoms with Crippen molar-refractivity contribution in [2.24, 2.45) is 5.92 Å². The van der Waals surface area contributed by atoms with E-state index in [1.54, 1.807) is 0 Å². The standard InChI is InChI=1S/C19H27NO4/c1-19(2,3)24-18(22)20-12-8-11-15(16(20)17(21)23-4)13-14-9-6-5-7-10-14/h5-7,9-10,15-16H,8,11-13H2,1-4H3. The van der Waals surface area contributed by atoms with Crippen LogP contribution >= 0.6 is 0 Å². The number of amides is 1. The van der Waals surface area contributed by atoms with Crippen LogP contribution in [0.25, 0.3) is 0 Å². The molecule has 2 rings (SSSR count). The van der Waals surface area contributed by atoms with Gasteiger partial charge in [-0.25, -0.2) is 9.59 Å². The van der Waals surface area contributed by atoms with E-state index >= 15 is 0 Å². The second kappa shape index (κ2) is 7.69. The van der Waals surface area contributed by atoms with Crippen molar-refractivity contribution in [3.8, 4) is 0 Å². The molecule has 5 nitrogen and oxygen atoms in total. The molecule has 1 aromatic carbocycles. The van der Waals surface area contributed by atoms with Crippen molar-refractivity contribution in [3.05, 3.63) is 35.9 Å². The van der Waals surface area contributed by atoms with Crippen molar-refractivity contribution < 1.29 is 19.1 Å². The third kappa shape index (κ3) is 4.73. The van der Waals surface area contributed by atoms with Crippen LogP contribution in [0.5, 0.6) is 0 Å². The number of piperidine rings is 1. The van der Waals surface area contributed by atoms with Crippen molar-refractivity contribution in [1.29, 1.82) is 0 Å². The zero-order chi connectivity index (χ0) is 17.7. The van der Waals surface area contributed by atoms with Gasteiger partial charge in [-0.1, -0.05) is 30.3 Å². The van der Waals surface area contributed by atoms with Gasteiger partial charge in [0, 0.05) is 6.54 Å². The highest BCUT2D eigenvalue weighted by Crippen LogP contribution is 2.29. The van der Waals surface area contributed by atoms with Gasteiger partial charge >= 0.3 is 12.1 Å². The van der Waals surface area contributed by atoms with Gasteiger partial charge in [0.15, 0.2) is 0 Å². The van der Waals surface area contributed by atoms with Crippen molar-refractivity contribution in [2.75, 3.05) is 13.7 Å². The molecule has 0 spiro atoms. The van der Waals surface area contributed by atoms with Gasteiger partial charge in [-0.05, 0) is 51.5 Å². The first-order valence-corrected chi connectivity index (χ1v) is 8.43. The first kappa shape index (κ1) is 18.3. The Kier molecular flexibility index (Phi) is 5.86. The van der Waals surface area contributed by atoms with Gasteiger partial charge in [0.2, 0.25) is 0 Å². The maximum absolute atomic E-state index is 12.5. The Labute approximate surface area is 143 Å². The van der Waals surface area contributed by atoms with Gasteiger partial charge in [-0.2, -0.15) is 0 Å². The summed E-state index contributed by atoms with van der Waals surface area (Å²) in [6.45, 7) is 5.98. The Morgan fingerprint density at radius 1 is 1.21 bits per heavy atom. The van der Waals surface area contributed by atoms with Crippen LogP contribution in [-0.2, 0) is 20.7 Å². The predicted octanol–water partition coefficient (Wildman–Crippen LogP) is 3.42. The number of nitrogens with zero attached hydrogens (tertiary/aromatic N) is 1. The molecule has 1 aromatic rings. The first-order valence-electron chi connectivity index (χ1n) is 8.43. The monoisotopic (exact) mass is 333 g/mol. The lowest BCUT2D eigenvalue weighted by molar-refractivity contribution is -0.150. The lowest BCUT2D eigenvalue weighted by Gasteiger charge is -2.40. The van der Waals surface area contributed by atoms with E-state index in [2.05, 4.69) is 0 Å². The summed E-state index contributed by atoms with van der Waals surface area (Å²) in [7, 11) is 1.36. The topological polar surface area (TPSA) is 55.8 Å². The Hall–Kier alpha value is -2.04. The molecule has 132 valence electrons. The molecule has 1 saturated heterocycles. The van der Waals surface area contributed by atoms with Gasteiger partial charge in [0.05, 0.1) is 7.11 Å². The zero-order valence-corrected chi connectivity index (χ0v) is 15.0. The Bertz CT molecular complexity index is 564. The number of hydrogen-bond donors (Lipinski definition) is 0. The second-order valence-corrected chi connectivity index (χ2v) is 7.23. The zero-order valence-electron chi connectivity index (χ0n) is 15.0. The lowest BCUT2D eigenvalue weighted by atomic mass is 9.84. The number of ether oxygens (including phenoxy) is 2. The SMILES string of the molecule is COC(=O)C1C(Cc2ccccc2)CCCN1C(=O)OC(C)(C)C. The smallest absolute Gasteiger partial charge is 0.411 e. The molecule has 1 aliphatic rings. The van der Waals surface area contributed by atoms with Gasteiger partial charge in [0.1, 0.15) is 11.6 Å². The highest BCUT2D eigenvalue weighted by Gasteiger charge is 2.41. The van der Waals surface area contributed by atoms with E-state index in [4.69, 9.17) is 9.47 Å². The van der Waals surface area contributed by atoms with Gasteiger partial charge in [-0.15, -0.1) is 0 Å². The molecule has 24 heavy (non-hydrogen) atoms. The summed E-state index contributed by atoms with van der Waals surface area (Å²) >= 11 is 0. The fourth-order valence-electron chi connectivity index (χ4n) is 3.17. The summed E-state index contributed by atoms with van der Waals surface area (Å²) in [5.41, 5.74) is 0.562. The lowest BCUT2D eigenvalue weighted by Crippen LogP contribution is -2.54. The molecule has 1 amide bonds. The Morgan fingerprint density at radius 2 is 1.88 bits per heavy atom. The van der Waals surface area contributed by atoms with Crippen LogP contribution in [0.2, 0.25) is 0 Å². The number of benzene rings is 1. The van der Waals surface area contributed by atoms with Crippen molar-refractivity contribution in [2.45, 2.75) is 51.7 Å². The molecule has 0 aromatic heterocycles. The van der Waals surface area contributed by atoms with Crippen LogP contribution in [0.4, 0.5) is 4.79 Å². The molecule has 5 heteroatoms. The molecule has 2 atom stereocenters. The molecule has 0 bridgehead atoms. The molecule has 2 unspecified atom stereocenters. The number of rotatable bonds is 3. The quantitative estimate of drug-likeness (QED) is 0.795. The Morgan fingerprint density at radius 3 is 2.46 bits per heavy atom. The van der Waals surface area contributed by atoms with Crippen LogP contribution in [-0.4, -0.2) is 42.3 Å². The number of carbonyl (C=O) groups excluding carboxylic acids is 2. The predicted molar refractivity (Wildman–Crippen MR) is 91.6 cm³/mol. The van der Waals surface area contributed by atoms with Crippen LogP contribution in [0.3, 0.4) is 0 Å². The molecule has 1 heterocycles. The maximum atomic E-state index is 12.5. The van der Waals surface area contributed by atoms with Crippen LogP contribution < -0.4 is 0 Å². The summed E-state index contributed by atoms with van der Waals surface area (Å²) < 4.78 is 10.5. The van der Waals surface area contributed by atoms with Crippen LogP contribution in [0.15, 0.2) is 30.3 Å². The van der Waals surface area contributed by atoms with E-state index in [9.17, 15) is 9.59 Å². The fraction of sp³-hybridized carbons (Fsp3) is 0.579. The summed E-state index contributed by atoms with van der Waals surface area (Å²) in [5, 5.41) is 0. The molecule has 1 aliphatic heterocycles. The summed E-state index contributed by atoms with van der Waals surface area (Å²) in [4.78, 5) is 26.5. The van der Waals surface area contributed by atoms with Gasteiger partial charge in [0.25, 0.3) is 0 Å². The molecule has 0 radical (unpaired) electrons. The second-order valence-electron chi connectivity index (χ2n) is 7.23. The minimum atomic E-state index is -0.598. The number of esters is 1. The molecular formula is C19H27NO4. The average molecular weight is 333 g/mol. The average Bonchev–Trinajstić information content (AvgIpc) is 2.53. The first-order chi connectivity index (χ1) is 11.3. The molecule has 1 fully saturated rings. The summed E-state index contributed by atoms with van der Waals surface area (Å²) in [5.74, 6) is -0.345. The fourth-order valence-corrected chi connectivity index (χ4v) is 3.17. The van der Waals surface area contributed by atoms with Crippen molar-refractivity contribution in [1.82, 2.24) is 4.90 Å². The molecule has 0 saturated carbocycles. The van der Waals surface area contributed by atoms with E-state index in [-0.39, 0.29) is 11.9 Å². The highest BCUT2D eigenvalue weighted by molar-refractivity contribution is 5.82.